The Bertz CT molecular complexity index is 2510. The molecule has 7 aromatic rings. The van der Waals surface area contributed by atoms with Crippen molar-refractivity contribution in [2.45, 2.75) is 0 Å². The van der Waals surface area contributed by atoms with Crippen LogP contribution in [0.1, 0.15) is 26.0 Å². The van der Waals surface area contributed by atoms with Crippen LogP contribution >= 0.6 is 15.9 Å². The van der Waals surface area contributed by atoms with Gasteiger partial charge < -0.3 is 9.13 Å². The molecule has 0 radical (unpaired) electrons. The van der Waals surface area contributed by atoms with Gasteiger partial charge in [-0.1, -0.05) is 78.6 Å². The zero-order valence-corrected chi connectivity index (χ0v) is 17.9. The molecule has 2 aromatic heterocycles. The van der Waals surface area contributed by atoms with E-state index in [-0.39, 0.29) is 26.0 Å². The predicted molar refractivity (Wildman–Crippen MR) is 143 cm³/mol. The molecule has 3 heteroatoms. The Labute approximate surface area is 226 Å². The van der Waals surface area contributed by atoms with Crippen molar-refractivity contribution in [3.05, 3.63) is 119 Å². The van der Waals surface area contributed by atoms with Crippen LogP contribution in [0.4, 0.5) is 0 Å². The van der Waals surface area contributed by atoms with E-state index in [9.17, 15) is 0 Å². The first-order valence-electron chi connectivity index (χ1n) is 19.0. The number of halogens is 1. The summed E-state index contributed by atoms with van der Waals surface area (Å²) in [6.45, 7) is 0. The summed E-state index contributed by atoms with van der Waals surface area (Å²) >= 11 is 3.37. The molecule has 0 amide bonds. The number of benzene rings is 5. The van der Waals surface area contributed by atoms with Gasteiger partial charge in [-0.15, -0.1) is 0 Å². The minimum absolute atomic E-state index is 0.331. The maximum atomic E-state index is 9.07. The van der Waals surface area contributed by atoms with Gasteiger partial charge in [0.05, 0.1) is 64.0 Å². The predicted octanol–water partition coefficient (Wildman–Crippen LogP) is 8.64. The fourth-order valence-electron chi connectivity index (χ4n) is 3.97. The van der Waals surface area contributed by atoms with Gasteiger partial charge in [-0.25, -0.2) is 0 Å². The second-order valence-electron chi connectivity index (χ2n) is 6.95. The fraction of sp³-hybridized carbons (Fsp3) is 0. The molecule has 2 nitrogen and oxygen atoms in total. The summed E-state index contributed by atoms with van der Waals surface area (Å²) in [5, 5.41) is -1.32. The maximum absolute atomic E-state index is 9.07. The first-order chi connectivity index (χ1) is 24.2. The molecule has 0 saturated heterocycles. The van der Waals surface area contributed by atoms with Crippen molar-refractivity contribution in [2.24, 2.45) is 0 Å². The minimum atomic E-state index is -0.846. The van der Waals surface area contributed by atoms with E-state index >= 15 is 0 Å². The van der Waals surface area contributed by atoms with Gasteiger partial charge >= 0.3 is 0 Å². The molecule has 0 aliphatic heterocycles. The van der Waals surface area contributed by atoms with Gasteiger partial charge in [0, 0.05) is 21.5 Å². The van der Waals surface area contributed by atoms with E-state index in [2.05, 4.69) is 15.9 Å². The van der Waals surface area contributed by atoms with Crippen LogP contribution in [0.3, 0.4) is 0 Å². The summed E-state index contributed by atoms with van der Waals surface area (Å²) in [6, 6.07) is -13.7. The van der Waals surface area contributed by atoms with Crippen molar-refractivity contribution in [3.8, 4) is 11.4 Å². The van der Waals surface area contributed by atoms with E-state index in [4.69, 9.17) is 26.0 Å². The van der Waals surface area contributed by atoms with E-state index < -0.39 is 148 Å². The van der Waals surface area contributed by atoms with Crippen LogP contribution in [0, 0.1) is 0 Å². The van der Waals surface area contributed by atoms with Gasteiger partial charge in [-0.2, -0.15) is 0 Å². The van der Waals surface area contributed by atoms with Gasteiger partial charge in [0.1, 0.15) is 0 Å². The average molecular weight is 507 g/mol. The van der Waals surface area contributed by atoms with Crippen LogP contribution in [0.5, 0.6) is 0 Å². The normalized spacial score (nSPS) is 19.8. The molecule has 0 saturated carbocycles. The fourth-order valence-corrected chi connectivity index (χ4v) is 4.52. The monoisotopic (exact) mass is 505 g/mol. The highest BCUT2D eigenvalue weighted by Crippen LogP contribution is 2.39. The molecule has 0 spiro atoms. The highest BCUT2D eigenvalue weighted by atomic mass is 79.9. The highest BCUT2D eigenvalue weighted by molar-refractivity contribution is 9.10. The Kier molecular flexibility index (Phi) is 1.70. The summed E-state index contributed by atoms with van der Waals surface area (Å²) in [5.41, 5.74) is -2.56. The van der Waals surface area contributed by atoms with Gasteiger partial charge in [-0.3, -0.25) is 0 Å². The topological polar surface area (TPSA) is 9.86 Å². The van der Waals surface area contributed by atoms with E-state index in [0.717, 1.165) is 9.13 Å². The second-order valence-corrected chi connectivity index (χ2v) is 7.74. The van der Waals surface area contributed by atoms with Gasteiger partial charge in [0.2, 0.25) is 0 Å². The number of fused-ring (bicyclic) bond motifs is 6. The Morgan fingerprint density at radius 3 is 1.06 bits per heavy atom. The summed E-state index contributed by atoms with van der Waals surface area (Å²) in [5.74, 6) is 0. The average Bonchev–Trinajstić information content (AvgIpc) is 3.65. The van der Waals surface area contributed by atoms with Crippen LogP contribution in [-0.2, 0) is 0 Å². The lowest BCUT2D eigenvalue weighted by Crippen LogP contribution is -2.01. The van der Waals surface area contributed by atoms with E-state index in [1.165, 1.54) is 0 Å². The third kappa shape index (κ3) is 2.60. The van der Waals surface area contributed by atoms with Crippen molar-refractivity contribution in [3.63, 3.8) is 0 Å². The lowest BCUT2D eigenvalue weighted by Gasteiger charge is -2.16. The van der Waals surface area contributed by atoms with Crippen molar-refractivity contribution in [1.29, 1.82) is 0 Å². The Morgan fingerprint density at radius 2 is 0.727 bits per heavy atom. The lowest BCUT2D eigenvalue weighted by atomic mass is 10.2. The molecular formula is C30H19BrN2. The molecule has 0 unspecified atom stereocenters. The molecule has 0 atom stereocenters. The van der Waals surface area contributed by atoms with Crippen molar-refractivity contribution < 1.29 is 26.0 Å². The van der Waals surface area contributed by atoms with Gasteiger partial charge in [-0.05, 0) is 52.2 Å². The van der Waals surface area contributed by atoms with Crippen molar-refractivity contribution in [2.75, 3.05) is 0 Å². The molecule has 5 aromatic carbocycles. The first-order valence-corrected chi connectivity index (χ1v) is 10.3. The molecular weight excluding hydrogens is 468 g/mol. The molecule has 0 bridgehead atoms. The smallest absolute Gasteiger partial charge is 0.0656 e. The van der Waals surface area contributed by atoms with Gasteiger partial charge in [0.15, 0.2) is 0 Å². The molecule has 156 valence electrons. The number of hydrogen-bond acceptors (Lipinski definition) is 0. The van der Waals surface area contributed by atoms with Crippen LogP contribution < -0.4 is 0 Å². The SMILES string of the molecule is [2H]c1c([2H])c(-n2c3c([2H])c([2H])c([2H])c([2H])c3c3c([2H])c([2H])c([2H])c([2H])c32)c(Br)c(-n2c3c([2H])c([2H])c([2H])c([2H])c3c3c([2H])c([2H])c([2H])c([2H])c32)c1[2H]. The minimum Gasteiger partial charge on any atom is -0.308 e. The number of aromatic nitrogens is 2. The van der Waals surface area contributed by atoms with Gasteiger partial charge in [0.25, 0.3) is 0 Å². The summed E-state index contributed by atoms with van der Waals surface area (Å²) in [4.78, 5) is 0. The van der Waals surface area contributed by atoms with Crippen LogP contribution in [-0.4, -0.2) is 9.13 Å². The number of hydrogen-bond donors (Lipinski definition) is 0. The summed E-state index contributed by atoms with van der Waals surface area (Å²) in [7, 11) is 0. The Hall–Kier alpha value is -3.82. The molecule has 0 fully saturated rings. The molecule has 0 N–H and O–H groups in total. The number of rotatable bonds is 2. The largest absolute Gasteiger partial charge is 0.308 e. The van der Waals surface area contributed by atoms with Crippen molar-refractivity contribution in [1.82, 2.24) is 9.13 Å². The Morgan fingerprint density at radius 1 is 0.424 bits per heavy atom. The zero-order chi connectivity index (χ0) is 38.5. The van der Waals surface area contributed by atoms with Crippen molar-refractivity contribution >= 4 is 59.5 Å². The summed E-state index contributed by atoms with van der Waals surface area (Å²) in [6.07, 6.45) is 0. The molecule has 33 heavy (non-hydrogen) atoms. The van der Waals surface area contributed by atoms with E-state index in [0.29, 0.717) is 0 Å². The van der Waals surface area contributed by atoms with Crippen LogP contribution in [0.25, 0.3) is 55.0 Å². The highest BCUT2D eigenvalue weighted by Gasteiger charge is 2.18. The molecule has 0 aliphatic rings. The van der Waals surface area contributed by atoms with E-state index in [1.54, 1.807) is 0 Å². The quantitative estimate of drug-likeness (QED) is 0.222. The Balaban J connectivity index is 1.84. The second kappa shape index (κ2) is 7.09. The van der Waals surface area contributed by atoms with E-state index in [1.807, 2.05) is 0 Å². The van der Waals surface area contributed by atoms with Crippen LogP contribution in [0.15, 0.2) is 119 Å². The molecule has 7 rings (SSSR count). The first kappa shape index (κ1) is 7.89. The molecule has 0 aliphatic carbocycles. The summed E-state index contributed by atoms with van der Waals surface area (Å²) < 4.78 is 166. The zero-order valence-electron chi connectivity index (χ0n) is 35.3. The third-order valence-corrected chi connectivity index (χ3v) is 6.04. The third-order valence-electron chi connectivity index (χ3n) is 5.29. The lowest BCUT2D eigenvalue weighted by molar-refractivity contribution is 1.12. The number of para-hydroxylation sites is 4. The number of nitrogens with zero attached hydrogens (tertiary/aromatic N) is 2. The molecule has 2 heterocycles. The van der Waals surface area contributed by atoms with Crippen LogP contribution in [0.2, 0.25) is 0 Å². The standard InChI is InChI=1S/C30H19BrN2/c31-30-28(32-24-14-5-1-10-20(24)21-11-2-6-15-25(21)32)18-9-19-29(30)33-26-16-7-3-12-22(26)23-13-4-8-17-27(23)33/h1-19H/i1D,2D,3D,4D,5D,6D,7D,8D,9D,10D,11D,12D,13D,14D,15D,16D,17D,18D,19D. The maximum Gasteiger partial charge on any atom is 0.0656 e.